The second kappa shape index (κ2) is 6.60. The molecule has 1 atom stereocenters. The van der Waals surface area contributed by atoms with Crippen LogP contribution in [0.2, 0.25) is 0 Å². The van der Waals surface area contributed by atoms with E-state index in [9.17, 15) is 14.7 Å². The lowest BCUT2D eigenvalue weighted by molar-refractivity contribution is -0.126. The minimum absolute atomic E-state index is 0.135. The highest BCUT2D eigenvalue weighted by Gasteiger charge is 2.15. The van der Waals surface area contributed by atoms with Crippen molar-refractivity contribution in [1.82, 2.24) is 10.6 Å². The fourth-order valence-corrected chi connectivity index (χ4v) is 1.43. The lowest BCUT2D eigenvalue weighted by atomic mass is 10.1. The van der Waals surface area contributed by atoms with Crippen molar-refractivity contribution >= 4 is 11.8 Å². The Morgan fingerprint density at radius 3 is 2.58 bits per heavy atom. The first-order valence-corrected chi connectivity index (χ1v) is 5.68. The third-order valence-corrected chi connectivity index (χ3v) is 2.53. The SMILES string of the molecule is CNC(=O)CNC(=O)[C@@H](N)Cc1ccc(O)c(O)c1. The zero-order valence-corrected chi connectivity index (χ0v) is 10.5. The van der Waals surface area contributed by atoms with Gasteiger partial charge in [0.15, 0.2) is 11.5 Å². The van der Waals surface area contributed by atoms with E-state index in [1.165, 1.54) is 19.2 Å². The average molecular weight is 267 g/mol. The van der Waals surface area contributed by atoms with Crippen LogP contribution in [0.5, 0.6) is 11.5 Å². The summed E-state index contributed by atoms with van der Waals surface area (Å²) in [5.41, 5.74) is 6.29. The molecule has 19 heavy (non-hydrogen) atoms. The number of benzene rings is 1. The summed E-state index contributed by atoms with van der Waals surface area (Å²) in [5.74, 6) is -1.28. The second-order valence-electron chi connectivity index (χ2n) is 4.02. The predicted molar refractivity (Wildman–Crippen MR) is 68.5 cm³/mol. The maximum Gasteiger partial charge on any atom is 0.239 e. The van der Waals surface area contributed by atoms with Gasteiger partial charge >= 0.3 is 0 Å². The van der Waals surface area contributed by atoms with E-state index in [4.69, 9.17) is 10.8 Å². The van der Waals surface area contributed by atoms with Crippen molar-refractivity contribution in [3.8, 4) is 11.5 Å². The Morgan fingerprint density at radius 2 is 2.00 bits per heavy atom. The van der Waals surface area contributed by atoms with Crippen molar-refractivity contribution < 1.29 is 19.8 Å². The van der Waals surface area contributed by atoms with E-state index in [0.717, 1.165) is 0 Å². The average Bonchev–Trinajstić information content (AvgIpc) is 2.39. The van der Waals surface area contributed by atoms with Gasteiger partial charge in [-0.15, -0.1) is 0 Å². The van der Waals surface area contributed by atoms with Gasteiger partial charge in [-0.25, -0.2) is 0 Å². The fourth-order valence-electron chi connectivity index (χ4n) is 1.43. The number of likely N-dealkylation sites (N-methyl/N-ethyl adjacent to an activating group) is 1. The highest BCUT2D eigenvalue weighted by atomic mass is 16.3. The Bertz CT molecular complexity index is 476. The quantitative estimate of drug-likeness (QED) is 0.430. The molecule has 7 nitrogen and oxygen atoms in total. The summed E-state index contributed by atoms with van der Waals surface area (Å²) in [7, 11) is 1.47. The Balaban J connectivity index is 2.53. The van der Waals surface area contributed by atoms with Gasteiger partial charge in [0.1, 0.15) is 0 Å². The summed E-state index contributed by atoms with van der Waals surface area (Å²) in [4.78, 5) is 22.5. The number of nitrogens with one attached hydrogen (secondary N) is 2. The van der Waals surface area contributed by atoms with E-state index < -0.39 is 11.9 Å². The molecule has 6 N–H and O–H groups in total. The molecule has 7 heteroatoms. The number of hydrogen-bond donors (Lipinski definition) is 5. The number of carbonyl (C=O) groups is 2. The first kappa shape index (κ1) is 14.8. The smallest absolute Gasteiger partial charge is 0.239 e. The lowest BCUT2D eigenvalue weighted by Gasteiger charge is -2.12. The van der Waals surface area contributed by atoms with Gasteiger partial charge in [0.2, 0.25) is 11.8 Å². The van der Waals surface area contributed by atoms with Crippen LogP contribution in [-0.4, -0.2) is 41.7 Å². The topological polar surface area (TPSA) is 125 Å². The third-order valence-electron chi connectivity index (χ3n) is 2.53. The van der Waals surface area contributed by atoms with E-state index in [2.05, 4.69) is 10.6 Å². The number of phenols is 2. The van der Waals surface area contributed by atoms with Gasteiger partial charge in [0.05, 0.1) is 12.6 Å². The zero-order valence-electron chi connectivity index (χ0n) is 10.5. The second-order valence-corrected chi connectivity index (χ2v) is 4.02. The number of aromatic hydroxyl groups is 2. The van der Waals surface area contributed by atoms with Gasteiger partial charge in [-0.2, -0.15) is 0 Å². The standard InChI is InChI=1S/C12H17N3O4/c1-14-11(18)6-15-12(19)8(13)4-7-2-3-9(16)10(17)5-7/h2-3,5,8,16-17H,4,6,13H2,1H3,(H,14,18)(H,15,19)/t8-/m0/s1. The van der Waals surface area contributed by atoms with Gasteiger partial charge in [-0.1, -0.05) is 6.07 Å². The molecule has 1 aromatic carbocycles. The van der Waals surface area contributed by atoms with E-state index in [1.54, 1.807) is 6.07 Å². The van der Waals surface area contributed by atoms with Crippen LogP contribution in [0.3, 0.4) is 0 Å². The predicted octanol–water partition coefficient (Wildman–Crippen LogP) is -1.17. The molecule has 0 aliphatic rings. The van der Waals surface area contributed by atoms with Crippen LogP contribution in [-0.2, 0) is 16.0 Å². The van der Waals surface area contributed by atoms with E-state index >= 15 is 0 Å². The molecule has 1 rings (SSSR count). The number of phenolic OH excluding ortho intramolecular Hbond substituents is 2. The normalized spacial score (nSPS) is 11.7. The molecule has 0 radical (unpaired) electrons. The summed E-state index contributed by atoms with van der Waals surface area (Å²) in [5, 5.41) is 23.2. The minimum atomic E-state index is -0.839. The molecule has 104 valence electrons. The fraction of sp³-hybridized carbons (Fsp3) is 0.333. The molecule has 0 aromatic heterocycles. The maximum absolute atomic E-state index is 11.6. The van der Waals surface area contributed by atoms with Crippen LogP contribution in [0.4, 0.5) is 0 Å². The van der Waals surface area contributed by atoms with Crippen molar-refractivity contribution in [3.63, 3.8) is 0 Å². The summed E-state index contributed by atoms with van der Waals surface area (Å²) < 4.78 is 0. The molecule has 0 saturated carbocycles. The number of amides is 2. The van der Waals surface area contributed by atoms with Crippen molar-refractivity contribution in [2.24, 2.45) is 5.73 Å². The Labute approximate surface area is 110 Å². The number of rotatable bonds is 5. The molecular formula is C12H17N3O4. The van der Waals surface area contributed by atoms with Crippen molar-refractivity contribution in [2.75, 3.05) is 13.6 Å². The largest absolute Gasteiger partial charge is 0.504 e. The van der Waals surface area contributed by atoms with Gasteiger partial charge in [0.25, 0.3) is 0 Å². The molecule has 0 unspecified atom stereocenters. The van der Waals surface area contributed by atoms with Gasteiger partial charge in [0, 0.05) is 7.05 Å². The molecular weight excluding hydrogens is 250 g/mol. The molecule has 0 aliphatic carbocycles. The number of nitrogens with two attached hydrogens (primary N) is 1. The van der Waals surface area contributed by atoms with E-state index in [0.29, 0.717) is 5.56 Å². The minimum Gasteiger partial charge on any atom is -0.504 e. The highest BCUT2D eigenvalue weighted by Crippen LogP contribution is 2.25. The number of hydrogen-bond acceptors (Lipinski definition) is 5. The maximum atomic E-state index is 11.6. The molecule has 2 amide bonds. The Kier molecular flexibility index (Phi) is 5.13. The van der Waals surface area contributed by atoms with Crippen LogP contribution in [0.25, 0.3) is 0 Å². The first-order chi connectivity index (χ1) is 8.93. The van der Waals surface area contributed by atoms with Crippen molar-refractivity contribution in [3.05, 3.63) is 23.8 Å². The molecule has 0 heterocycles. The summed E-state index contributed by atoms with van der Waals surface area (Å²) in [6.45, 7) is -0.135. The monoisotopic (exact) mass is 267 g/mol. The van der Waals surface area contributed by atoms with Crippen LogP contribution in [0, 0.1) is 0 Å². The van der Waals surface area contributed by atoms with Crippen molar-refractivity contribution in [1.29, 1.82) is 0 Å². The van der Waals surface area contributed by atoms with Gasteiger partial charge in [-0.05, 0) is 24.1 Å². The molecule has 0 fully saturated rings. The summed E-state index contributed by atoms with van der Waals surface area (Å²) in [6.07, 6.45) is 0.188. The van der Waals surface area contributed by atoms with Gasteiger partial charge < -0.3 is 26.6 Å². The number of carbonyl (C=O) groups excluding carboxylic acids is 2. The lowest BCUT2D eigenvalue weighted by Crippen LogP contribution is -2.45. The Hall–Kier alpha value is -2.28. The highest BCUT2D eigenvalue weighted by molar-refractivity contribution is 5.87. The van der Waals surface area contributed by atoms with Crippen LogP contribution in [0.15, 0.2) is 18.2 Å². The molecule has 0 aliphatic heterocycles. The zero-order chi connectivity index (χ0) is 14.4. The molecule has 0 spiro atoms. The van der Waals surface area contributed by atoms with Gasteiger partial charge in [-0.3, -0.25) is 9.59 Å². The van der Waals surface area contributed by atoms with Crippen LogP contribution in [0.1, 0.15) is 5.56 Å². The Morgan fingerprint density at radius 1 is 1.32 bits per heavy atom. The molecule has 1 aromatic rings. The van der Waals surface area contributed by atoms with Crippen molar-refractivity contribution in [2.45, 2.75) is 12.5 Å². The molecule has 0 bridgehead atoms. The molecule has 0 saturated heterocycles. The van der Waals surface area contributed by atoms with E-state index in [-0.39, 0.29) is 30.4 Å². The van der Waals surface area contributed by atoms with E-state index in [1.807, 2.05) is 0 Å². The third kappa shape index (κ3) is 4.47. The summed E-state index contributed by atoms with van der Waals surface area (Å²) in [6, 6.07) is 3.37. The van der Waals surface area contributed by atoms with Crippen LogP contribution < -0.4 is 16.4 Å². The van der Waals surface area contributed by atoms with Crippen LogP contribution >= 0.6 is 0 Å². The summed E-state index contributed by atoms with van der Waals surface area (Å²) >= 11 is 0. The first-order valence-electron chi connectivity index (χ1n) is 5.68.